The van der Waals surface area contributed by atoms with E-state index < -0.39 is 40.8 Å². The van der Waals surface area contributed by atoms with E-state index in [2.05, 4.69) is 15.7 Å². The maximum absolute atomic E-state index is 14.7. The number of hydrogen-bond donors (Lipinski definition) is 3. The van der Waals surface area contributed by atoms with Crippen molar-refractivity contribution in [1.82, 2.24) is 20.4 Å². The summed E-state index contributed by atoms with van der Waals surface area (Å²) in [5.74, 6) is -2.97. The molecule has 0 aliphatic heterocycles. The van der Waals surface area contributed by atoms with Crippen molar-refractivity contribution in [3.8, 4) is 0 Å². The topological polar surface area (TPSA) is 119 Å². The molecule has 10 heteroatoms. The minimum absolute atomic E-state index is 0.0661. The third-order valence-electron chi connectivity index (χ3n) is 5.02. The highest BCUT2D eigenvalue weighted by Crippen LogP contribution is 2.24. The van der Waals surface area contributed by atoms with Gasteiger partial charge in [-0.25, -0.2) is 8.78 Å². The van der Waals surface area contributed by atoms with Crippen LogP contribution in [0.2, 0.25) is 0 Å². The lowest BCUT2D eigenvalue weighted by Crippen LogP contribution is -2.54. The van der Waals surface area contributed by atoms with Crippen LogP contribution in [0.1, 0.15) is 36.8 Å². The molecule has 174 valence electrons. The number of nitrogens with zero attached hydrogens (tertiary/aromatic N) is 2. The highest BCUT2D eigenvalue weighted by molar-refractivity contribution is 6.06. The first kappa shape index (κ1) is 23.8. The van der Waals surface area contributed by atoms with Gasteiger partial charge in [0, 0.05) is 5.39 Å². The Morgan fingerprint density at radius 3 is 2.36 bits per heavy atom. The number of rotatable bonds is 7. The summed E-state index contributed by atoms with van der Waals surface area (Å²) in [4.78, 5) is 36.8. The van der Waals surface area contributed by atoms with E-state index in [4.69, 9.17) is 5.73 Å². The third kappa shape index (κ3) is 5.51. The van der Waals surface area contributed by atoms with E-state index >= 15 is 0 Å². The molecule has 1 aromatic heterocycles. The van der Waals surface area contributed by atoms with Gasteiger partial charge in [0.1, 0.15) is 23.2 Å². The Morgan fingerprint density at radius 2 is 1.76 bits per heavy atom. The van der Waals surface area contributed by atoms with E-state index in [1.54, 1.807) is 39.0 Å². The summed E-state index contributed by atoms with van der Waals surface area (Å²) in [5, 5.41) is 9.60. The van der Waals surface area contributed by atoms with Crippen LogP contribution in [0.3, 0.4) is 0 Å². The SMILES string of the molecule is CC(C)(C)C(NC(=O)c1nn(Cc2ccc(F)cc2)c2c(F)cccc12)C(=O)NCC(N)=O. The second kappa shape index (κ2) is 9.35. The van der Waals surface area contributed by atoms with Crippen molar-refractivity contribution in [2.75, 3.05) is 6.54 Å². The van der Waals surface area contributed by atoms with E-state index in [-0.39, 0.29) is 29.7 Å². The molecule has 2 aromatic carbocycles. The van der Waals surface area contributed by atoms with Crippen LogP contribution in [0, 0.1) is 17.0 Å². The van der Waals surface area contributed by atoms with E-state index in [0.29, 0.717) is 5.56 Å². The number of amides is 3. The van der Waals surface area contributed by atoms with Crippen LogP contribution in [-0.2, 0) is 16.1 Å². The van der Waals surface area contributed by atoms with E-state index in [0.717, 1.165) is 0 Å². The maximum Gasteiger partial charge on any atom is 0.273 e. The average molecular weight is 457 g/mol. The van der Waals surface area contributed by atoms with Crippen molar-refractivity contribution in [3.63, 3.8) is 0 Å². The van der Waals surface area contributed by atoms with Crippen molar-refractivity contribution in [2.45, 2.75) is 33.4 Å². The molecule has 0 bridgehead atoms. The van der Waals surface area contributed by atoms with Crippen molar-refractivity contribution >= 4 is 28.6 Å². The third-order valence-corrected chi connectivity index (χ3v) is 5.02. The van der Waals surface area contributed by atoms with Gasteiger partial charge in [0.05, 0.1) is 13.1 Å². The molecule has 0 fully saturated rings. The van der Waals surface area contributed by atoms with Crippen LogP contribution in [0.15, 0.2) is 42.5 Å². The molecule has 0 spiro atoms. The fourth-order valence-corrected chi connectivity index (χ4v) is 3.39. The van der Waals surface area contributed by atoms with Crippen molar-refractivity contribution < 1.29 is 23.2 Å². The van der Waals surface area contributed by atoms with E-state index in [9.17, 15) is 23.2 Å². The Hall–Kier alpha value is -3.82. The van der Waals surface area contributed by atoms with Gasteiger partial charge in [0.25, 0.3) is 5.91 Å². The van der Waals surface area contributed by atoms with Crippen molar-refractivity contribution in [1.29, 1.82) is 0 Å². The normalized spacial score (nSPS) is 12.4. The largest absolute Gasteiger partial charge is 0.368 e. The fraction of sp³-hybridized carbons (Fsp3) is 0.304. The van der Waals surface area contributed by atoms with Crippen LogP contribution in [0.5, 0.6) is 0 Å². The lowest BCUT2D eigenvalue weighted by molar-refractivity contribution is -0.128. The lowest BCUT2D eigenvalue weighted by atomic mass is 9.86. The molecule has 33 heavy (non-hydrogen) atoms. The summed E-state index contributed by atoms with van der Waals surface area (Å²) >= 11 is 0. The molecule has 3 aromatic rings. The Balaban J connectivity index is 1.95. The minimum atomic E-state index is -1.02. The molecule has 0 saturated heterocycles. The summed E-state index contributed by atoms with van der Waals surface area (Å²) in [7, 11) is 0. The van der Waals surface area contributed by atoms with Crippen LogP contribution in [0.25, 0.3) is 10.9 Å². The number of primary amides is 1. The van der Waals surface area contributed by atoms with Crippen molar-refractivity contribution in [3.05, 3.63) is 65.4 Å². The number of fused-ring (bicyclic) bond motifs is 1. The van der Waals surface area contributed by atoms with Gasteiger partial charge in [0.15, 0.2) is 5.69 Å². The molecule has 8 nitrogen and oxygen atoms in total. The molecule has 1 atom stereocenters. The lowest BCUT2D eigenvalue weighted by Gasteiger charge is -2.30. The first-order valence-corrected chi connectivity index (χ1v) is 10.2. The number of nitrogens with one attached hydrogen (secondary N) is 2. The average Bonchev–Trinajstić information content (AvgIpc) is 3.10. The van der Waals surface area contributed by atoms with Gasteiger partial charge in [-0.05, 0) is 29.2 Å². The molecule has 1 heterocycles. The first-order valence-electron chi connectivity index (χ1n) is 10.2. The summed E-state index contributed by atoms with van der Waals surface area (Å²) in [6.45, 7) is 4.96. The fourth-order valence-electron chi connectivity index (χ4n) is 3.39. The standard InChI is InChI=1S/C23H25F2N5O3/c1-23(2,3)20(22(33)27-11-17(26)31)28-21(32)18-15-5-4-6-16(25)19(15)30(29-18)12-13-7-9-14(24)10-8-13/h4-10,20H,11-12H2,1-3H3,(H2,26,31)(H,27,33)(H,28,32). The Bertz CT molecular complexity index is 1200. The Labute approximate surface area is 189 Å². The zero-order valence-corrected chi connectivity index (χ0v) is 18.5. The number of aromatic nitrogens is 2. The number of carbonyl (C=O) groups is 3. The van der Waals surface area contributed by atoms with Gasteiger partial charge in [-0.2, -0.15) is 5.10 Å². The highest BCUT2D eigenvalue weighted by atomic mass is 19.1. The second-order valence-electron chi connectivity index (χ2n) is 8.73. The zero-order chi connectivity index (χ0) is 24.3. The molecule has 3 rings (SSSR count). The zero-order valence-electron chi connectivity index (χ0n) is 18.5. The van der Waals surface area contributed by atoms with Gasteiger partial charge in [-0.15, -0.1) is 0 Å². The molecule has 0 aliphatic rings. The summed E-state index contributed by atoms with van der Waals surface area (Å²) in [6.07, 6.45) is 0. The van der Waals surface area contributed by atoms with Gasteiger partial charge < -0.3 is 16.4 Å². The van der Waals surface area contributed by atoms with E-state index in [1.165, 1.54) is 28.9 Å². The van der Waals surface area contributed by atoms with Gasteiger partial charge in [0.2, 0.25) is 11.8 Å². The predicted molar refractivity (Wildman–Crippen MR) is 118 cm³/mol. The molecule has 0 radical (unpaired) electrons. The summed E-state index contributed by atoms with van der Waals surface area (Å²) in [6, 6.07) is 8.90. The molecule has 0 aliphatic carbocycles. The predicted octanol–water partition coefficient (Wildman–Crippen LogP) is 2.11. The quantitative estimate of drug-likeness (QED) is 0.503. The molecule has 0 saturated carbocycles. The number of carbonyl (C=O) groups excluding carboxylic acids is 3. The van der Waals surface area contributed by atoms with Crippen LogP contribution in [0.4, 0.5) is 8.78 Å². The van der Waals surface area contributed by atoms with Gasteiger partial charge in [-0.3, -0.25) is 19.1 Å². The van der Waals surface area contributed by atoms with Crippen LogP contribution in [-0.4, -0.2) is 40.1 Å². The number of para-hydroxylation sites is 1. The molecule has 3 amide bonds. The summed E-state index contributed by atoms with van der Waals surface area (Å²) in [5.41, 5.74) is 5.07. The second-order valence-corrected chi connectivity index (χ2v) is 8.73. The molecular formula is C23H25F2N5O3. The Kier molecular flexibility index (Phi) is 6.75. The number of benzene rings is 2. The molecular weight excluding hydrogens is 432 g/mol. The van der Waals surface area contributed by atoms with Crippen molar-refractivity contribution in [2.24, 2.45) is 11.1 Å². The Morgan fingerprint density at radius 1 is 1.09 bits per heavy atom. The number of hydrogen-bond acceptors (Lipinski definition) is 4. The van der Waals surface area contributed by atoms with Gasteiger partial charge >= 0.3 is 0 Å². The monoisotopic (exact) mass is 457 g/mol. The smallest absolute Gasteiger partial charge is 0.273 e. The highest BCUT2D eigenvalue weighted by Gasteiger charge is 2.34. The number of halogens is 2. The number of nitrogens with two attached hydrogens (primary N) is 1. The van der Waals surface area contributed by atoms with Gasteiger partial charge in [-0.1, -0.05) is 45.0 Å². The summed E-state index contributed by atoms with van der Waals surface area (Å²) < 4.78 is 29.3. The molecule has 4 N–H and O–H groups in total. The minimum Gasteiger partial charge on any atom is -0.368 e. The first-order chi connectivity index (χ1) is 15.5. The van der Waals surface area contributed by atoms with Crippen LogP contribution >= 0.6 is 0 Å². The van der Waals surface area contributed by atoms with Crippen LogP contribution < -0.4 is 16.4 Å². The van der Waals surface area contributed by atoms with E-state index in [1.807, 2.05) is 0 Å². The molecule has 1 unspecified atom stereocenters. The maximum atomic E-state index is 14.7.